The van der Waals surface area contributed by atoms with E-state index in [1.54, 1.807) is 0 Å². The van der Waals surface area contributed by atoms with Gasteiger partial charge in [0.1, 0.15) is 5.75 Å². The summed E-state index contributed by atoms with van der Waals surface area (Å²) >= 11 is 0. The molecular formula is C21H39N3O. The minimum atomic E-state index is 0.407. The largest absolute Gasteiger partial charge is 0.493 e. The van der Waals surface area contributed by atoms with Crippen LogP contribution in [0.1, 0.15) is 55.8 Å². The monoisotopic (exact) mass is 349 g/mol. The van der Waals surface area contributed by atoms with Gasteiger partial charge >= 0.3 is 0 Å². The third-order valence-electron chi connectivity index (χ3n) is 5.09. The van der Waals surface area contributed by atoms with Crippen molar-refractivity contribution in [3.63, 3.8) is 0 Å². The average molecular weight is 350 g/mol. The minimum Gasteiger partial charge on any atom is -0.493 e. The van der Waals surface area contributed by atoms with Crippen LogP contribution in [-0.4, -0.2) is 56.7 Å². The molecule has 0 aliphatic heterocycles. The smallest absolute Gasteiger partial charge is 0.122 e. The fourth-order valence-electron chi connectivity index (χ4n) is 3.25. The maximum absolute atomic E-state index is 6.04. The van der Waals surface area contributed by atoms with Crippen molar-refractivity contribution in [2.24, 2.45) is 5.73 Å². The van der Waals surface area contributed by atoms with E-state index in [1.165, 1.54) is 23.1 Å². The van der Waals surface area contributed by atoms with Gasteiger partial charge in [-0.2, -0.15) is 0 Å². The van der Waals surface area contributed by atoms with E-state index in [9.17, 15) is 0 Å². The number of rotatable bonds is 12. The highest BCUT2D eigenvalue weighted by Gasteiger charge is 2.18. The van der Waals surface area contributed by atoms with Gasteiger partial charge in [-0.3, -0.25) is 4.90 Å². The molecule has 0 radical (unpaired) electrons. The normalized spacial score (nSPS) is 12.8. The van der Waals surface area contributed by atoms with Crippen LogP contribution >= 0.6 is 0 Å². The summed E-state index contributed by atoms with van der Waals surface area (Å²) in [6, 6.07) is 4.80. The summed E-state index contributed by atoms with van der Waals surface area (Å²) in [6.45, 7) is 13.7. The summed E-state index contributed by atoms with van der Waals surface area (Å²) in [5.41, 5.74) is 9.70. The van der Waals surface area contributed by atoms with Gasteiger partial charge in [-0.1, -0.05) is 13.0 Å². The van der Waals surface area contributed by atoms with Crippen molar-refractivity contribution in [2.75, 3.05) is 46.9 Å². The van der Waals surface area contributed by atoms with E-state index in [1.807, 2.05) is 0 Å². The first-order chi connectivity index (χ1) is 11.9. The lowest BCUT2D eigenvalue weighted by atomic mass is 9.96. The number of hydrogen-bond acceptors (Lipinski definition) is 4. The minimum absolute atomic E-state index is 0.407. The maximum Gasteiger partial charge on any atom is 0.122 e. The zero-order valence-corrected chi connectivity index (χ0v) is 17.3. The lowest BCUT2D eigenvalue weighted by Crippen LogP contribution is -2.29. The van der Waals surface area contributed by atoms with Crippen molar-refractivity contribution in [3.8, 4) is 5.75 Å². The molecule has 1 rings (SSSR count). The molecule has 0 bridgehead atoms. The Morgan fingerprint density at radius 3 is 2.36 bits per heavy atom. The molecule has 0 saturated carbocycles. The second-order valence-electron chi connectivity index (χ2n) is 7.21. The topological polar surface area (TPSA) is 41.7 Å². The molecule has 1 aromatic carbocycles. The second kappa shape index (κ2) is 11.5. The Hall–Kier alpha value is -1.10. The van der Waals surface area contributed by atoms with Crippen molar-refractivity contribution in [2.45, 2.75) is 53.0 Å². The summed E-state index contributed by atoms with van der Waals surface area (Å²) in [6.07, 6.45) is 3.31. The van der Waals surface area contributed by atoms with Gasteiger partial charge in [0.05, 0.1) is 6.61 Å². The molecule has 0 aromatic heterocycles. The molecule has 144 valence electrons. The van der Waals surface area contributed by atoms with Gasteiger partial charge in [0.15, 0.2) is 0 Å². The van der Waals surface area contributed by atoms with Crippen molar-refractivity contribution >= 4 is 0 Å². The number of unbranched alkanes of at least 4 members (excludes halogenated alkanes) is 1. The lowest BCUT2D eigenvalue weighted by Gasteiger charge is -2.30. The Balaban J connectivity index is 2.71. The number of ether oxygens (including phenoxy) is 1. The van der Waals surface area contributed by atoms with Crippen LogP contribution < -0.4 is 10.5 Å². The predicted molar refractivity (Wildman–Crippen MR) is 109 cm³/mol. The Morgan fingerprint density at radius 1 is 1.04 bits per heavy atom. The van der Waals surface area contributed by atoms with Crippen LogP contribution in [0.4, 0.5) is 0 Å². The maximum atomic E-state index is 6.04. The molecule has 0 saturated heterocycles. The van der Waals surface area contributed by atoms with Gasteiger partial charge in [-0.05, 0) is 103 Å². The first kappa shape index (κ1) is 21.9. The highest BCUT2D eigenvalue weighted by Crippen LogP contribution is 2.30. The molecule has 0 amide bonds. The summed E-state index contributed by atoms with van der Waals surface area (Å²) in [5, 5.41) is 0. The molecule has 0 fully saturated rings. The molecule has 4 heteroatoms. The van der Waals surface area contributed by atoms with Crippen molar-refractivity contribution in [1.82, 2.24) is 9.80 Å². The zero-order valence-electron chi connectivity index (χ0n) is 17.3. The van der Waals surface area contributed by atoms with E-state index in [4.69, 9.17) is 10.5 Å². The van der Waals surface area contributed by atoms with Gasteiger partial charge in [-0.25, -0.2) is 0 Å². The molecule has 25 heavy (non-hydrogen) atoms. The third-order valence-corrected chi connectivity index (χ3v) is 5.09. The van der Waals surface area contributed by atoms with Gasteiger partial charge in [0, 0.05) is 6.04 Å². The molecule has 0 spiro atoms. The average Bonchev–Trinajstić information content (AvgIpc) is 2.58. The van der Waals surface area contributed by atoms with E-state index in [0.717, 1.165) is 51.4 Å². The quantitative estimate of drug-likeness (QED) is 0.584. The Morgan fingerprint density at radius 2 is 1.76 bits per heavy atom. The predicted octanol–water partition coefficient (Wildman–Crippen LogP) is 3.76. The Kier molecular flexibility index (Phi) is 10.1. The molecular weight excluding hydrogens is 310 g/mol. The highest BCUT2D eigenvalue weighted by atomic mass is 16.5. The van der Waals surface area contributed by atoms with E-state index < -0.39 is 0 Å². The zero-order chi connectivity index (χ0) is 18.8. The number of benzene rings is 1. The summed E-state index contributed by atoms with van der Waals surface area (Å²) in [7, 11) is 4.22. The van der Waals surface area contributed by atoms with Gasteiger partial charge in [0.2, 0.25) is 0 Å². The standard InChI is InChI=1S/C21H39N3O/c1-7-24(15-10-13-22)19(4)20-11-12-21(18(3)17(20)2)25-16-9-8-14-23(5)6/h11-12,19H,7-10,13-16,22H2,1-6H3. The van der Waals surface area contributed by atoms with Crippen LogP contribution in [0.15, 0.2) is 12.1 Å². The first-order valence-electron chi connectivity index (χ1n) is 9.74. The first-order valence-corrected chi connectivity index (χ1v) is 9.74. The van der Waals surface area contributed by atoms with E-state index in [-0.39, 0.29) is 0 Å². The van der Waals surface area contributed by atoms with Crippen LogP contribution in [-0.2, 0) is 0 Å². The van der Waals surface area contributed by atoms with E-state index in [2.05, 4.69) is 63.7 Å². The molecule has 1 unspecified atom stereocenters. The van der Waals surface area contributed by atoms with Crippen molar-refractivity contribution in [1.29, 1.82) is 0 Å². The summed E-state index contributed by atoms with van der Waals surface area (Å²) in [4.78, 5) is 4.71. The SMILES string of the molecule is CCN(CCCN)C(C)c1ccc(OCCCCN(C)C)c(C)c1C. The second-order valence-corrected chi connectivity index (χ2v) is 7.21. The van der Waals surface area contributed by atoms with Crippen LogP contribution in [0.2, 0.25) is 0 Å². The number of hydrogen-bond donors (Lipinski definition) is 1. The fraction of sp³-hybridized carbons (Fsp3) is 0.714. The van der Waals surface area contributed by atoms with Crippen molar-refractivity contribution in [3.05, 3.63) is 28.8 Å². The van der Waals surface area contributed by atoms with Crippen LogP contribution in [0.25, 0.3) is 0 Å². The molecule has 1 atom stereocenters. The Bertz CT molecular complexity index is 502. The van der Waals surface area contributed by atoms with Crippen LogP contribution in [0, 0.1) is 13.8 Å². The third kappa shape index (κ3) is 6.96. The lowest BCUT2D eigenvalue weighted by molar-refractivity contribution is 0.219. The van der Waals surface area contributed by atoms with E-state index in [0.29, 0.717) is 6.04 Å². The summed E-state index contributed by atoms with van der Waals surface area (Å²) in [5.74, 6) is 1.03. The van der Waals surface area contributed by atoms with Gasteiger partial charge in [0.25, 0.3) is 0 Å². The van der Waals surface area contributed by atoms with E-state index >= 15 is 0 Å². The van der Waals surface area contributed by atoms with Crippen LogP contribution in [0.5, 0.6) is 5.75 Å². The summed E-state index contributed by atoms with van der Waals surface area (Å²) < 4.78 is 6.04. The fourth-order valence-corrected chi connectivity index (χ4v) is 3.25. The van der Waals surface area contributed by atoms with Gasteiger partial charge in [-0.15, -0.1) is 0 Å². The van der Waals surface area contributed by atoms with Gasteiger partial charge < -0.3 is 15.4 Å². The number of nitrogens with zero attached hydrogens (tertiary/aromatic N) is 2. The van der Waals surface area contributed by atoms with Crippen molar-refractivity contribution < 1.29 is 4.74 Å². The Labute approximate surface area is 155 Å². The molecule has 0 aliphatic carbocycles. The molecule has 0 heterocycles. The molecule has 4 nitrogen and oxygen atoms in total. The van der Waals surface area contributed by atoms with Crippen LogP contribution in [0.3, 0.4) is 0 Å². The molecule has 0 aliphatic rings. The number of nitrogens with two attached hydrogens (primary N) is 1. The highest BCUT2D eigenvalue weighted by molar-refractivity contribution is 5.44. The molecule has 1 aromatic rings. The molecule has 2 N–H and O–H groups in total.